The molecule has 0 aromatic carbocycles. The number of rotatable bonds is 4. The molecule has 6 atom stereocenters. The van der Waals surface area contributed by atoms with Crippen LogP contribution in [0.1, 0.15) is 88.5 Å². The minimum absolute atomic E-state index is 0.111. The highest BCUT2D eigenvalue weighted by Crippen LogP contribution is 2.16. The van der Waals surface area contributed by atoms with E-state index in [0.717, 1.165) is 0 Å². The first kappa shape index (κ1) is 39.4. The Hall–Kier alpha value is -3.58. The summed E-state index contributed by atoms with van der Waals surface area (Å²) in [6.45, 7) is 17.6. The fourth-order valence-corrected chi connectivity index (χ4v) is 4.02. The molecule has 45 heavy (non-hydrogen) atoms. The molecule has 0 saturated carbocycles. The monoisotopic (exact) mass is 639 g/mol. The predicted molar refractivity (Wildman–Crippen MR) is 168 cm³/mol. The predicted octanol–water partition coefficient (Wildman–Crippen LogP) is 4.17. The lowest BCUT2D eigenvalue weighted by atomic mass is 10.2. The van der Waals surface area contributed by atoms with Crippen molar-refractivity contribution in [1.29, 1.82) is 0 Å². The number of ether oxygens (including phenoxy) is 4. The van der Waals surface area contributed by atoms with Crippen LogP contribution in [-0.4, -0.2) is 87.7 Å². The SMILES string of the molecule is CC(=O)O[C@@H]1C=C[C@H](NC(=O)OC(C)(C)C)C1.CC(C)(C)OC(=O)NC1C=CC(O)C1.CC(C)(C)OC(=O)N[C@@H]1C=C[C@H](O)C1. The van der Waals surface area contributed by atoms with Gasteiger partial charge < -0.3 is 45.1 Å². The molecule has 3 rings (SSSR count). The molecule has 3 amide bonds. The van der Waals surface area contributed by atoms with Gasteiger partial charge in [-0.3, -0.25) is 4.79 Å². The van der Waals surface area contributed by atoms with Crippen LogP contribution in [0.2, 0.25) is 0 Å². The molecule has 2 unspecified atom stereocenters. The summed E-state index contributed by atoms with van der Waals surface area (Å²) in [6.07, 6.45) is 9.56. The molecule has 0 spiro atoms. The normalized spacial score (nSPS) is 25.2. The molecule has 256 valence electrons. The second-order valence-electron chi connectivity index (χ2n) is 13.9. The van der Waals surface area contributed by atoms with Gasteiger partial charge in [-0.15, -0.1) is 0 Å². The van der Waals surface area contributed by atoms with E-state index in [9.17, 15) is 19.2 Å². The highest BCUT2D eigenvalue weighted by atomic mass is 16.6. The quantitative estimate of drug-likeness (QED) is 0.170. The Morgan fingerprint density at radius 1 is 0.556 bits per heavy atom. The van der Waals surface area contributed by atoms with Crippen LogP contribution in [0.15, 0.2) is 36.5 Å². The third kappa shape index (κ3) is 20.1. The Bertz CT molecular complexity index is 1030. The molecule has 0 aromatic heterocycles. The zero-order chi connectivity index (χ0) is 34.6. The molecule has 3 aliphatic rings. The van der Waals surface area contributed by atoms with Gasteiger partial charge >= 0.3 is 24.2 Å². The van der Waals surface area contributed by atoms with E-state index < -0.39 is 47.3 Å². The largest absolute Gasteiger partial charge is 0.458 e. The second kappa shape index (κ2) is 17.2. The molecule has 0 bridgehead atoms. The molecule has 3 aliphatic carbocycles. The van der Waals surface area contributed by atoms with E-state index in [1.54, 1.807) is 57.2 Å². The van der Waals surface area contributed by atoms with Crippen molar-refractivity contribution in [2.45, 2.75) is 142 Å². The van der Waals surface area contributed by atoms with E-state index in [4.69, 9.17) is 29.2 Å². The van der Waals surface area contributed by atoms with E-state index in [2.05, 4.69) is 16.0 Å². The number of hydrogen-bond donors (Lipinski definition) is 5. The Kier molecular flexibility index (Phi) is 15.1. The fourth-order valence-electron chi connectivity index (χ4n) is 4.02. The summed E-state index contributed by atoms with van der Waals surface area (Å²) >= 11 is 0. The Balaban J connectivity index is 0.000000340. The Morgan fingerprint density at radius 3 is 1.13 bits per heavy atom. The van der Waals surface area contributed by atoms with Crippen LogP contribution in [0.5, 0.6) is 0 Å². The summed E-state index contributed by atoms with van der Waals surface area (Å²) < 4.78 is 20.3. The minimum Gasteiger partial charge on any atom is -0.458 e. The summed E-state index contributed by atoms with van der Waals surface area (Å²) in [4.78, 5) is 44.8. The number of esters is 1. The third-order valence-electron chi connectivity index (χ3n) is 5.59. The maximum absolute atomic E-state index is 11.5. The third-order valence-corrected chi connectivity index (χ3v) is 5.59. The average molecular weight is 640 g/mol. The Morgan fingerprint density at radius 2 is 0.867 bits per heavy atom. The van der Waals surface area contributed by atoms with Crippen LogP contribution in [0.3, 0.4) is 0 Å². The lowest BCUT2D eigenvalue weighted by molar-refractivity contribution is -0.144. The number of carbonyl (C=O) groups excluding carboxylic acids is 4. The van der Waals surface area contributed by atoms with Gasteiger partial charge in [0.1, 0.15) is 22.9 Å². The van der Waals surface area contributed by atoms with E-state index in [1.165, 1.54) is 6.92 Å². The van der Waals surface area contributed by atoms with Gasteiger partial charge in [0.15, 0.2) is 0 Å². The van der Waals surface area contributed by atoms with Gasteiger partial charge in [0.25, 0.3) is 0 Å². The van der Waals surface area contributed by atoms with Gasteiger partial charge in [-0.2, -0.15) is 0 Å². The van der Waals surface area contributed by atoms with E-state index in [-0.39, 0.29) is 30.2 Å². The molecule has 0 saturated heterocycles. The van der Waals surface area contributed by atoms with Crippen molar-refractivity contribution in [2.24, 2.45) is 0 Å². The van der Waals surface area contributed by atoms with Gasteiger partial charge in [-0.25, -0.2) is 14.4 Å². The van der Waals surface area contributed by atoms with Crippen molar-refractivity contribution in [2.75, 3.05) is 0 Å². The highest BCUT2D eigenvalue weighted by Gasteiger charge is 2.25. The molecule has 13 heteroatoms. The molecule has 0 aliphatic heterocycles. The number of amides is 3. The number of hydrogen-bond acceptors (Lipinski definition) is 10. The molecule has 0 fully saturated rings. The molecule has 0 radical (unpaired) electrons. The molecule has 5 N–H and O–H groups in total. The van der Waals surface area contributed by atoms with Crippen LogP contribution in [0.25, 0.3) is 0 Å². The van der Waals surface area contributed by atoms with Crippen LogP contribution in [0.4, 0.5) is 14.4 Å². The summed E-state index contributed by atoms with van der Waals surface area (Å²) in [5, 5.41) is 26.3. The molecular weight excluding hydrogens is 586 g/mol. The van der Waals surface area contributed by atoms with Crippen LogP contribution >= 0.6 is 0 Å². The van der Waals surface area contributed by atoms with Crippen molar-refractivity contribution >= 4 is 24.2 Å². The Labute approximate surface area is 266 Å². The first-order chi connectivity index (χ1) is 20.5. The summed E-state index contributed by atoms with van der Waals surface area (Å²) in [6, 6.07) is -0.367. The molecule has 0 aromatic rings. The van der Waals surface area contributed by atoms with Gasteiger partial charge in [-0.05, 0) is 68.4 Å². The van der Waals surface area contributed by atoms with Crippen LogP contribution < -0.4 is 16.0 Å². The topological polar surface area (TPSA) is 182 Å². The van der Waals surface area contributed by atoms with Crippen molar-refractivity contribution in [1.82, 2.24) is 16.0 Å². The fraction of sp³-hybridized carbons (Fsp3) is 0.688. The lowest BCUT2D eigenvalue weighted by Gasteiger charge is -2.21. The van der Waals surface area contributed by atoms with Crippen molar-refractivity contribution in [3.8, 4) is 0 Å². The van der Waals surface area contributed by atoms with Crippen molar-refractivity contribution in [3.05, 3.63) is 36.5 Å². The zero-order valence-electron chi connectivity index (χ0n) is 28.2. The smallest absolute Gasteiger partial charge is 0.408 e. The van der Waals surface area contributed by atoms with Gasteiger partial charge in [0.2, 0.25) is 0 Å². The van der Waals surface area contributed by atoms with E-state index in [1.807, 2.05) is 41.5 Å². The number of aliphatic hydroxyl groups is 2. The summed E-state index contributed by atoms with van der Waals surface area (Å²) in [7, 11) is 0. The van der Waals surface area contributed by atoms with Crippen molar-refractivity contribution < 1.29 is 48.3 Å². The second-order valence-corrected chi connectivity index (χ2v) is 13.9. The molecule has 0 heterocycles. The first-order valence-corrected chi connectivity index (χ1v) is 15.1. The first-order valence-electron chi connectivity index (χ1n) is 15.1. The van der Waals surface area contributed by atoms with Crippen molar-refractivity contribution in [3.63, 3.8) is 0 Å². The minimum atomic E-state index is -0.512. The summed E-state index contributed by atoms with van der Waals surface area (Å²) in [5.74, 6) is -0.322. The van der Waals surface area contributed by atoms with E-state index in [0.29, 0.717) is 19.3 Å². The number of alkyl carbamates (subject to hydrolysis) is 3. The van der Waals surface area contributed by atoms with E-state index >= 15 is 0 Å². The lowest BCUT2D eigenvalue weighted by Crippen LogP contribution is -2.38. The summed E-state index contributed by atoms with van der Waals surface area (Å²) in [5.41, 5.74) is -1.47. The average Bonchev–Trinajstić information content (AvgIpc) is 3.52. The van der Waals surface area contributed by atoms with Gasteiger partial charge in [0.05, 0.1) is 30.3 Å². The maximum atomic E-state index is 11.5. The number of carbonyl (C=O) groups is 4. The highest BCUT2D eigenvalue weighted by molar-refractivity contribution is 5.69. The molecule has 13 nitrogen and oxygen atoms in total. The number of aliphatic hydroxyl groups excluding tert-OH is 2. The van der Waals surface area contributed by atoms with Gasteiger partial charge in [-0.1, -0.05) is 30.4 Å². The zero-order valence-corrected chi connectivity index (χ0v) is 28.2. The van der Waals surface area contributed by atoms with Gasteiger partial charge in [0, 0.05) is 26.2 Å². The molecular formula is C32H53N3O10. The number of nitrogens with one attached hydrogen (secondary N) is 3. The maximum Gasteiger partial charge on any atom is 0.408 e. The van der Waals surface area contributed by atoms with Crippen LogP contribution in [-0.2, 0) is 23.7 Å². The standard InChI is InChI=1S/C12H19NO4.2C10H17NO3/c1-8(14)16-10-6-5-9(7-10)13-11(15)17-12(2,3)4;2*1-10(2,3)14-9(13)11-7-4-5-8(12)6-7/h5-6,9-10H,7H2,1-4H3,(H,13,15);2*4-5,7-8,12H,6H2,1-3H3,(H,11,13)/t9-,10+;7-,8+;/m01./s1. The van der Waals surface area contributed by atoms with Crippen LogP contribution in [0, 0.1) is 0 Å².